The van der Waals surface area contributed by atoms with E-state index in [9.17, 15) is 4.79 Å². The maximum Gasteiger partial charge on any atom is 0.344 e. The molecule has 0 N–H and O–H groups in total. The van der Waals surface area contributed by atoms with E-state index >= 15 is 0 Å². The maximum absolute atomic E-state index is 12.8. The topological polar surface area (TPSA) is 39.4 Å². The lowest BCUT2D eigenvalue weighted by molar-refractivity contribution is -0.873. The molecule has 29 heavy (non-hydrogen) atoms. The van der Waals surface area contributed by atoms with Crippen molar-refractivity contribution in [2.75, 3.05) is 27.7 Å². The zero-order chi connectivity index (χ0) is 21.6. The summed E-state index contributed by atoms with van der Waals surface area (Å²) in [5.74, 6) is -0.0985. The van der Waals surface area contributed by atoms with Gasteiger partial charge in [0.15, 0.2) is 18.5 Å². The Balaban J connectivity index is 2.21. The van der Waals surface area contributed by atoms with Crippen LogP contribution in [0.2, 0.25) is 0 Å². The van der Waals surface area contributed by atoms with Gasteiger partial charge in [-0.2, -0.15) is 4.57 Å². The van der Waals surface area contributed by atoms with Crippen molar-refractivity contribution in [3.63, 3.8) is 0 Å². The molecule has 0 bridgehead atoms. The molecular formula is C24H36N2O3+2. The Hall–Kier alpha value is -2.24. The molecular weight excluding hydrogens is 364 g/mol. The molecule has 1 saturated heterocycles. The van der Waals surface area contributed by atoms with Crippen LogP contribution in [0.4, 0.5) is 0 Å². The molecule has 1 aromatic rings. The number of hydrogen-bond donors (Lipinski definition) is 0. The monoisotopic (exact) mass is 400 g/mol. The third-order valence-electron chi connectivity index (χ3n) is 5.29. The molecule has 1 aliphatic heterocycles. The molecule has 1 aliphatic rings. The number of esters is 1. The molecule has 0 radical (unpaired) electrons. The lowest BCUT2D eigenvalue weighted by atomic mass is 9.88. The summed E-state index contributed by atoms with van der Waals surface area (Å²) in [6.07, 6.45) is 10.6. The summed E-state index contributed by atoms with van der Waals surface area (Å²) in [4.78, 5) is 12.8. The molecule has 0 saturated carbocycles. The molecule has 0 aromatic carbocycles. The standard InChI is InChI=1S/C24H36N2O3/c1-8-13-22-20(10-3)21(11-4)23(29-22)25-15-12-14-18(16-25)24(27)28-19(9-2)17-26(5,6)7/h8,10-12,14-16,19-23H,1,3-4,9,13,17H2,2,5-7H3/q+2/t19-,20+,21-,22-,23-/m1/s1. The number of ether oxygens (including phenoxy) is 2. The Kier molecular flexibility index (Phi) is 7.94. The van der Waals surface area contributed by atoms with E-state index in [1.54, 1.807) is 12.3 Å². The molecule has 2 heterocycles. The van der Waals surface area contributed by atoms with Crippen LogP contribution in [0.5, 0.6) is 0 Å². The van der Waals surface area contributed by atoms with Crippen molar-refractivity contribution in [1.82, 2.24) is 0 Å². The van der Waals surface area contributed by atoms with E-state index in [2.05, 4.69) is 40.9 Å². The minimum atomic E-state index is -0.310. The van der Waals surface area contributed by atoms with Crippen molar-refractivity contribution in [3.05, 3.63) is 68.1 Å². The van der Waals surface area contributed by atoms with Gasteiger partial charge in [0.25, 0.3) is 6.23 Å². The number of pyridine rings is 1. The summed E-state index contributed by atoms with van der Waals surface area (Å²) < 4.78 is 14.7. The number of carbonyl (C=O) groups is 1. The van der Waals surface area contributed by atoms with Gasteiger partial charge < -0.3 is 14.0 Å². The van der Waals surface area contributed by atoms with Crippen LogP contribution >= 0.6 is 0 Å². The van der Waals surface area contributed by atoms with Gasteiger partial charge in [0.1, 0.15) is 12.1 Å². The zero-order valence-corrected chi connectivity index (χ0v) is 18.3. The molecule has 2 rings (SSSR count). The second-order valence-corrected chi connectivity index (χ2v) is 8.66. The second-order valence-electron chi connectivity index (χ2n) is 8.66. The third-order valence-corrected chi connectivity index (χ3v) is 5.29. The highest BCUT2D eigenvalue weighted by Gasteiger charge is 2.46. The van der Waals surface area contributed by atoms with Gasteiger partial charge in [-0.05, 0) is 18.9 Å². The van der Waals surface area contributed by atoms with Crippen molar-refractivity contribution in [3.8, 4) is 0 Å². The van der Waals surface area contributed by atoms with Crippen LogP contribution < -0.4 is 4.57 Å². The quantitative estimate of drug-likeness (QED) is 0.260. The van der Waals surface area contributed by atoms with Gasteiger partial charge in [0, 0.05) is 12.0 Å². The van der Waals surface area contributed by atoms with E-state index in [1.807, 2.05) is 42.0 Å². The van der Waals surface area contributed by atoms with Gasteiger partial charge in [-0.1, -0.05) is 25.2 Å². The highest BCUT2D eigenvalue weighted by Crippen LogP contribution is 2.39. The average molecular weight is 401 g/mol. The number of likely N-dealkylation sites (N-methyl/N-ethyl adjacent to an activating group) is 1. The molecule has 158 valence electrons. The van der Waals surface area contributed by atoms with Crippen LogP contribution in [0.1, 0.15) is 36.4 Å². The third kappa shape index (κ3) is 5.87. The van der Waals surface area contributed by atoms with Gasteiger partial charge >= 0.3 is 5.97 Å². The normalized spacial score (nSPS) is 25.2. The summed E-state index contributed by atoms with van der Waals surface area (Å²) in [6.45, 7) is 14.6. The Labute approximate surface area is 175 Å². The maximum atomic E-state index is 12.8. The molecule has 0 aliphatic carbocycles. The summed E-state index contributed by atoms with van der Waals surface area (Å²) in [5, 5.41) is 0. The van der Waals surface area contributed by atoms with Gasteiger partial charge in [-0.3, -0.25) is 0 Å². The fraction of sp³-hybridized carbons (Fsp3) is 0.500. The van der Waals surface area contributed by atoms with Crippen molar-refractivity contribution >= 4 is 5.97 Å². The van der Waals surface area contributed by atoms with Crippen LogP contribution in [0.3, 0.4) is 0 Å². The lowest BCUT2D eigenvalue weighted by Gasteiger charge is -2.28. The summed E-state index contributed by atoms with van der Waals surface area (Å²) in [6, 6.07) is 3.63. The largest absolute Gasteiger partial charge is 0.453 e. The summed E-state index contributed by atoms with van der Waals surface area (Å²) in [7, 11) is 6.28. The fourth-order valence-electron chi connectivity index (χ4n) is 3.88. The minimum absolute atomic E-state index is 0.00451. The van der Waals surface area contributed by atoms with E-state index in [-0.39, 0.29) is 36.2 Å². The molecule has 0 unspecified atom stereocenters. The smallest absolute Gasteiger partial charge is 0.344 e. The molecule has 1 aromatic heterocycles. The van der Waals surface area contributed by atoms with Crippen LogP contribution in [0, 0.1) is 11.8 Å². The highest BCUT2D eigenvalue weighted by molar-refractivity contribution is 5.88. The molecule has 0 spiro atoms. The zero-order valence-electron chi connectivity index (χ0n) is 18.3. The van der Waals surface area contributed by atoms with E-state index in [0.717, 1.165) is 23.9 Å². The number of rotatable bonds is 10. The van der Waals surface area contributed by atoms with E-state index < -0.39 is 0 Å². The van der Waals surface area contributed by atoms with E-state index in [1.165, 1.54) is 0 Å². The Morgan fingerprint density at radius 1 is 1.28 bits per heavy atom. The van der Waals surface area contributed by atoms with E-state index in [4.69, 9.17) is 9.47 Å². The summed E-state index contributed by atoms with van der Waals surface area (Å²) >= 11 is 0. The molecule has 1 fully saturated rings. The number of nitrogens with zero attached hydrogens (tertiary/aromatic N) is 2. The fourth-order valence-corrected chi connectivity index (χ4v) is 3.88. The van der Waals surface area contributed by atoms with E-state index in [0.29, 0.717) is 5.56 Å². The Morgan fingerprint density at radius 3 is 2.52 bits per heavy atom. The predicted octanol–water partition coefficient (Wildman–Crippen LogP) is 3.69. The van der Waals surface area contributed by atoms with Gasteiger partial charge in [-0.25, -0.2) is 4.79 Å². The molecule has 5 nitrogen and oxygen atoms in total. The number of aromatic nitrogens is 1. The van der Waals surface area contributed by atoms with Gasteiger partial charge in [0.05, 0.1) is 33.2 Å². The Bertz CT molecular complexity index is 738. The van der Waals surface area contributed by atoms with Crippen molar-refractivity contribution in [1.29, 1.82) is 0 Å². The number of carbonyl (C=O) groups excluding carboxylic acids is 1. The van der Waals surface area contributed by atoms with Crippen LogP contribution in [0.15, 0.2) is 62.5 Å². The SMILES string of the molecule is C=CC[C@H]1O[C@@H]([n+]2cccc(C(=O)O[C@H](CC)C[N+](C)(C)C)c2)[C@H](C=C)[C@@H]1C=C. The van der Waals surface area contributed by atoms with Gasteiger partial charge in [0.2, 0.25) is 0 Å². The first kappa shape index (κ1) is 23.0. The van der Waals surface area contributed by atoms with Crippen molar-refractivity contribution in [2.45, 2.75) is 38.2 Å². The van der Waals surface area contributed by atoms with Crippen LogP contribution in [0.25, 0.3) is 0 Å². The highest BCUT2D eigenvalue weighted by atomic mass is 16.5. The molecule has 5 atom stereocenters. The molecule has 0 amide bonds. The average Bonchev–Trinajstić information content (AvgIpc) is 3.04. The number of quaternary nitrogens is 1. The lowest BCUT2D eigenvalue weighted by Crippen LogP contribution is -2.44. The second kappa shape index (κ2) is 9.99. The van der Waals surface area contributed by atoms with Crippen molar-refractivity contribution in [2.24, 2.45) is 11.8 Å². The minimum Gasteiger partial charge on any atom is -0.453 e. The number of hydrogen-bond acceptors (Lipinski definition) is 3. The first-order chi connectivity index (χ1) is 13.7. The Morgan fingerprint density at radius 2 is 1.97 bits per heavy atom. The van der Waals surface area contributed by atoms with Crippen molar-refractivity contribution < 1.29 is 23.3 Å². The predicted molar refractivity (Wildman–Crippen MR) is 115 cm³/mol. The van der Waals surface area contributed by atoms with Gasteiger partial charge in [-0.15, -0.1) is 19.7 Å². The van der Waals surface area contributed by atoms with Crippen LogP contribution in [-0.2, 0) is 9.47 Å². The van der Waals surface area contributed by atoms with Crippen LogP contribution in [-0.4, -0.2) is 50.3 Å². The first-order valence-electron chi connectivity index (χ1n) is 10.3. The summed E-state index contributed by atoms with van der Waals surface area (Å²) in [5.41, 5.74) is 0.515. The first-order valence-corrected chi connectivity index (χ1v) is 10.3. The molecule has 5 heteroatoms.